The minimum atomic E-state index is -0.757. The van der Waals surface area contributed by atoms with Gasteiger partial charge in [-0.05, 0) is 0 Å². The first-order valence-corrected chi connectivity index (χ1v) is 8.22. The van der Waals surface area contributed by atoms with Gasteiger partial charge in [-0.15, -0.1) is 0 Å². The third-order valence-corrected chi connectivity index (χ3v) is 5.88. The number of phenolic OH excluding ortho intramolecular Hbond substituents is 2. The molecule has 3 nitrogen and oxygen atoms in total. The molecular formula is C17H9F2NO2Se. The first-order chi connectivity index (χ1) is 11.0. The summed E-state index contributed by atoms with van der Waals surface area (Å²) in [5, 5.41) is 27.8. The zero-order valence-corrected chi connectivity index (χ0v) is 13.3. The van der Waals surface area contributed by atoms with Crippen LogP contribution in [0.3, 0.4) is 0 Å². The molecule has 0 atom stereocenters. The second-order valence-electron chi connectivity index (χ2n) is 4.80. The van der Waals surface area contributed by atoms with Crippen LogP contribution in [0.5, 0.6) is 11.5 Å². The second-order valence-corrected chi connectivity index (χ2v) is 7.01. The molecule has 114 valence electrons. The van der Waals surface area contributed by atoms with Gasteiger partial charge in [-0.2, -0.15) is 0 Å². The third-order valence-electron chi connectivity index (χ3n) is 3.29. The summed E-state index contributed by atoms with van der Waals surface area (Å²) in [7, 11) is 0. The molecule has 0 bridgehead atoms. The Balaban J connectivity index is 2.12. The number of hydrogen-bond acceptors (Lipinski definition) is 3. The molecule has 2 N–H and O–H groups in total. The Morgan fingerprint density at radius 1 is 0.870 bits per heavy atom. The van der Waals surface area contributed by atoms with E-state index >= 15 is 0 Å². The summed E-state index contributed by atoms with van der Waals surface area (Å²) in [6.45, 7) is 0. The van der Waals surface area contributed by atoms with E-state index in [1.807, 2.05) is 0 Å². The summed E-state index contributed by atoms with van der Waals surface area (Å²) in [4.78, 5) is 0. The molecule has 23 heavy (non-hydrogen) atoms. The van der Waals surface area contributed by atoms with Crippen LogP contribution in [-0.4, -0.2) is 24.7 Å². The molecule has 0 saturated heterocycles. The van der Waals surface area contributed by atoms with Crippen LogP contribution in [0.1, 0.15) is 5.56 Å². The summed E-state index contributed by atoms with van der Waals surface area (Å²) in [5.74, 6) is -2.38. The zero-order valence-electron chi connectivity index (χ0n) is 11.5. The molecule has 0 amide bonds. The molecular weight excluding hydrogens is 367 g/mol. The van der Waals surface area contributed by atoms with Crippen LogP contribution in [0, 0.1) is 23.0 Å². The molecule has 0 fully saturated rings. The molecule has 0 aliphatic heterocycles. The van der Waals surface area contributed by atoms with Crippen LogP contribution in [-0.2, 0) is 0 Å². The van der Waals surface area contributed by atoms with E-state index in [1.54, 1.807) is 18.2 Å². The van der Waals surface area contributed by atoms with E-state index in [0.717, 1.165) is 4.44 Å². The van der Waals surface area contributed by atoms with Crippen molar-refractivity contribution in [1.82, 2.24) is 0 Å². The van der Waals surface area contributed by atoms with Gasteiger partial charge in [0.1, 0.15) is 0 Å². The molecule has 0 spiro atoms. The van der Waals surface area contributed by atoms with Gasteiger partial charge in [0.2, 0.25) is 0 Å². The van der Waals surface area contributed by atoms with Gasteiger partial charge in [-0.3, -0.25) is 0 Å². The van der Waals surface area contributed by atoms with Crippen molar-refractivity contribution in [2.45, 2.75) is 0 Å². The molecule has 1 aromatic heterocycles. The molecule has 2 aromatic carbocycles. The number of aromatic hydroxyl groups is 2. The van der Waals surface area contributed by atoms with E-state index in [9.17, 15) is 24.3 Å². The van der Waals surface area contributed by atoms with Crippen LogP contribution < -0.4 is 0 Å². The first kappa shape index (κ1) is 15.3. The number of phenols is 2. The Labute approximate surface area is 136 Å². The Kier molecular flexibility index (Phi) is 3.91. The van der Waals surface area contributed by atoms with Crippen molar-refractivity contribution in [3.8, 4) is 37.6 Å². The van der Waals surface area contributed by atoms with Crippen LogP contribution in [0.2, 0.25) is 0 Å². The molecule has 6 heteroatoms. The quantitative estimate of drug-likeness (QED) is 0.672. The monoisotopic (exact) mass is 377 g/mol. The van der Waals surface area contributed by atoms with Gasteiger partial charge in [0.15, 0.2) is 0 Å². The molecule has 1 heterocycles. The van der Waals surface area contributed by atoms with Crippen molar-refractivity contribution in [1.29, 1.82) is 5.26 Å². The van der Waals surface area contributed by atoms with Gasteiger partial charge < -0.3 is 0 Å². The molecule has 0 aliphatic rings. The van der Waals surface area contributed by atoms with Gasteiger partial charge in [0.25, 0.3) is 0 Å². The van der Waals surface area contributed by atoms with Gasteiger partial charge in [0.05, 0.1) is 0 Å². The Morgan fingerprint density at radius 2 is 1.43 bits per heavy atom. The number of benzene rings is 2. The Bertz CT molecular complexity index is 944. The number of rotatable bonds is 2. The van der Waals surface area contributed by atoms with Crippen LogP contribution in [0.15, 0.2) is 42.5 Å². The van der Waals surface area contributed by atoms with Crippen LogP contribution in [0.25, 0.3) is 20.0 Å². The molecule has 0 unspecified atom stereocenters. The second kappa shape index (κ2) is 5.88. The van der Waals surface area contributed by atoms with E-state index in [2.05, 4.69) is 6.07 Å². The molecule has 3 rings (SSSR count). The van der Waals surface area contributed by atoms with Crippen molar-refractivity contribution >= 4 is 14.5 Å². The fourth-order valence-corrected chi connectivity index (χ4v) is 4.45. The summed E-state index contributed by atoms with van der Waals surface area (Å²) >= 11 is -0.322. The molecule has 0 aliphatic carbocycles. The maximum absolute atomic E-state index is 13.5. The standard InChI is InChI=1S/C17H9F2NO2Se/c18-12-5-9(1-3-14(12)21)16-7-11(8-20)17(23-16)10-2-4-15(22)13(19)6-10/h1-7,21-22H. The average Bonchev–Trinajstić information content (AvgIpc) is 2.97. The maximum atomic E-state index is 13.5. The van der Waals surface area contributed by atoms with Crippen molar-refractivity contribution in [2.75, 3.05) is 0 Å². The van der Waals surface area contributed by atoms with Crippen LogP contribution in [0.4, 0.5) is 8.78 Å². The number of nitrogens with zero attached hydrogens (tertiary/aromatic N) is 1. The summed E-state index contributed by atoms with van der Waals surface area (Å²) < 4.78 is 28.5. The summed E-state index contributed by atoms with van der Waals surface area (Å²) in [6, 6.07) is 11.7. The number of hydrogen-bond donors (Lipinski definition) is 2. The number of nitriles is 1. The van der Waals surface area contributed by atoms with E-state index < -0.39 is 23.1 Å². The topological polar surface area (TPSA) is 64.2 Å². The summed E-state index contributed by atoms with van der Waals surface area (Å²) in [6.07, 6.45) is 0. The van der Waals surface area contributed by atoms with Gasteiger partial charge in [0, 0.05) is 0 Å². The van der Waals surface area contributed by atoms with E-state index in [1.165, 1.54) is 24.3 Å². The van der Waals surface area contributed by atoms with Crippen LogP contribution >= 0.6 is 0 Å². The first-order valence-electron chi connectivity index (χ1n) is 6.51. The number of halogens is 2. The van der Waals surface area contributed by atoms with Crippen molar-refractivity contribution in [3.63, 3.8) is 0 Å². The fourth-order valence-electron chi connectivity index (χ4n) is 2.14. The fraction of sp³-hybridized carbons (Fsp3) is 0. The Morgan fingerprint density at radius 3 is 2.00 bits per heavy atom. The van der Waals surface area contributed by atoms with Gasteiger partial charge >= 0.3 is 136 Å². The van der Waals surface area contributed by atoms with Crippen molar-refractivity contribution in [3.05, 3.63) is 59.7 Å². The van der Waals surface area contributed by atoms with E-state index in [0.29, 0.717) is 21.1 Å². The molecule has 0 saturated carbocycles. The molecule has 3 aromatic rings. The average molecular weight is 376 g/mol. The SMILES string of the molecule is N#Cc1cc(-c2ccc(O)c(F)c2)[se]c1-c1ccc(O)c(F)c1. The van der Waals surface area contributed by atoms with Crippen molar-refractivity contribution in [2.24, 2.45) is 0 Å². The van der Waals surface area contributed by atoms with Gasteiger partial charge in [-0.25, -0.2) is 0 Å². The molecule has 0 radical (unpaired) electrons. The van der Waals surface area contributed by atoms with E-state index in [4.69, 9.17) is 0 Å². The summed E-state index contributed by atoms with van der Waals surface area (Å²) in [5.41, 5.74) is 1.48. The van der Waals surface area contributed by atoms with E-state index in [-0.39, 0.29) is 14.5 Å². The minimum absolute atomic E-state index is 0.322. The normalized spacial score (nSPS) is 10.5. The van der Waals surface area contributed by atoms with Crippen molar-refractivity contribution < 1.29 is 19.0 Å². The predicted molar refractivity (Wildman–Crippen MR) is 82.2 cm³/mol. The van der Waals surface area contributed by atoms with Gasteiger partial charge in [-0.1, -0.05) is 0 Å². The Hall–Kier alpha value is -2.61. The zero-order chi connectivity index (χ0) is 16.6. The third kappa shape index (κ3) is 2.85. The predicted octanol–water partition coefficient (Wildman–Crippen LogP) is 3.64.